The smallest absolute Gasteiger partial charge is 0.269 e. The molecule has 0 saturated carbocycles. The van der Waals surface area contributed by atoms with Crippen LogP contribution in [0, 0.1) is 10.1 Å². The van der Waals surface area contributed by atoms with E-state index in [-0.39, 0.29) is 5.69 Å². The highest BCUT2D eigenvalue weighted by Gasteiger charge is 2.07. The molecule has 0 fully saturated rings. The van der Waals surface area contributed by atoms with Crippen LogP contribution >= 0.6 is 11.6 Å². The van der Waals surface area contributed by atoms with E-state index in [0.29, 0.717) is 24.6 Å². The fourth-order valence-electron chi connectivity index (χ4n) is 1.91. The Labute approximate surface area is 127 Å². The van der Waals surface area contributed by atoms with Crippen molar-refractivity contribution in [3.05, 3.63) is 68.7 Å². The van der Waals surface area contributed by atoms with Crippen molar-refractivity contribution >= 4 is 17.3 Å². The van der Waals surface area contributed by atoms with Gasteiger partial charge in [-0.15, -0.1) is 0 Å². The Hall–Kier alpha value is -2.11. The molecule has 0 aromatic heterocycles. The van der Waals surface area contributed by atoms with Crippen LogP contribution in [0.1, 0.15) is 11.1 Å². The van der Waals surface area contributed by atoms with Gasteiger partial charge < -0.3 is 10.5 Å². The van der Waals surface area contributed by atoms with Crippen molar-refractivity contribution in [3.8, 4) is 5.75 Å². The number of halogens is 1. The molecule has 6 heteroatoms. The summed E-state index contributed by atoms with van der Waals surface area (Å²) in [6.07, 6.45) is 0.677. The van der Waals surface area contributed by atoms with Crippen LogP contribution in [0.5, 0.6) is 5.75 Å². The average Bonchev–Trinajstić information content (AvgIpc) is 2.47. The first-order valence-electron chi connectivity index (χ1n) is 6.45. The van der Waals surface area contributed by atoms with E-state index in [1.165, 1.54) is 12.1 Å². The SMILES string of the molecule is NCCc1cc(Cl)ccc1OCc1ccc([N+](=O)[O-])cc1. The molecule has 0 aliphatic heterocycles. The third-order valence-corrected chi connectivity index (χ3v) is 3.21. The highest BCUT2D eigenvalue weighted by molar-refractivity contribution is 6.30. The number of benzene rings is 2. The summed E-state index contributed by atoms with van der Waals surface area (Å²) in [4.78, 5) is 10.2. The standard InChI is InChI=1S/C15H15ClN2O3/c16-13-3-6-15(12(9-13)7-8-17)21-10-11-1-4-14(5-2-11)18(19)20/h1-6,9H,7-8,10,17H2. The molecule has 0 unspecified atom stereocenters. The van der Waals surface area contributed by atoms with E-state index in [1.54, 1.807) is 24.3 Å². The fourth-order valence-corrected chi connectivity index (χ4v) is 2.11. The van der Waals surface area contributed by atoms with Gasteiger partial charge in [0.05, 0.1) is 4.92 Å². The van der Waals surface area contributed by atoms with Crippen molar-refractivity contribution in [2.75, 3.05) is 6.54 Å². The second-order valence-corrected chi connectivity index (χ2v) is 4.94. The van der Waals surface area contributed by atoms with E-state index < -0.39 is 4.92 Å². The molecule has 0 spiro atoms. The maximum absolute atomic E-state index is 10.6. The maximum Gasteiger partial charge on any atom is 0.269 e. The number of nitro benzene ring substituents is 1. The van der Waals surface area contributed by atoms with E-state index in [9.17, 15) is 10.1 Å². The lowest BCUT2D eigenvalue weighted by atomic mass is 10.1. The second kappa shape index (κ2) is 7.06. The average molecular weight is 307 g/mol. The van der Waals surface area contributed by atoms with Gasteiger partial charge in [-0.2, -0.15) is 0 Å². The first kappa shape index (κ1) is 15.3. The van der Waals surface area contributed by atoms with Gasteiger partial charge in [0.25, 0.3) is 5.69 Å². The van der Waals surface area contributed by atoms with Crippen molar-refractivity contribution in [3.63, 3.8) is 0 Å². The molecule has 0 aliphatic rings. The molecular weight excluding hydrogens is 292 g/mol. The molecule has 5 nitrogen and oxygen atoms in total. The topological polar surface area (TPSA) is 78.4 Å². The van der Waals surface area contributed by atoms with Gasteiger partial charge in [0.2, 0.25) is 0 Å². The van der Waals surface area contributed by atoms with Gasteiger partial charge in [-0.3, -0.25) is 10.1 Å². The number of nitrogens with zero attached hydrogens (tertiary/aromatic N) is 1. The summed E-state index contributed by atoms with van der Waals surface area (Å²) in [5, 5.41) is 11.2. The molecule has 2 aromatic carbocycles. The molecule has 0 atom stereocenters. The van der Waals surface area contributed by atoms with Crippen molar-refractivity contribution in [2.45, 2.75) is 13.0 Å². The van der Waals surface area contributed by atoms with Crippen LogP contribution in [0.2, 0.25) is 5.02 Å². The zero-order valence-electron chi connectivity index (χ0n) is 11.3. The molecule has 0 bridgehead atoms. The molecule has 0 heterocycles. The van der Waals surface area contributed by atoms with Gasteiger partial charge in [0.1, 0.15) is 12.4 Å². The quantitative estimate of drug-likeness (QED) is 0.656. The number of rotatable bonds is 6. The number of hydrogen-bond acceptors (Lipinski definition) is 4. The predicted molar refractivity (Wildman–Crippen MR) is 81.6 cm³/mol. The van der Waals surface area contributed by atoms with Crippen LogP contribution in [0.4, 0.5) is 5.69 Å². The van der Waals surface area contributed by atoms with Gasteiger partial charge in [-0.25, -0.2) is 0 Å². The Bertz CT molecular complexity index is 629. The van der Waals surface area contributed by atoms with Gasteiger partial charge in [0.15, 0.2) is 0 Å². The van der Waals surface area contributed by atoms with Crippen LogP contribution in [-0.4, -0.2) is 11.5 Å². The number of hydrogen-bond donors (Lipinski definition) is 1. The Balaban J connectivity index is 2.07. The summed E-state index contributed by atoms with van der Waals surface area (Å²) < 4.78 is 5.75. The lowest BCUT2D eigenvalue weighted by Crippen LogP contribution is -2.05. The van der Waals surface area contributed by atoms with E-state index in [1.807, 2.05) is 6.07 Å². The molecule has 2 N–H and O–H groups in total. The summed E-state index contributed by atoms with van der Waals surface area (Å²) in [5.74, 6) is 0.725. The zero-order chi connectivity index (χ0) is 15.2. The number of non-ortho nitro benzene ring substituents is 1. The van der Waals surface area contributed by atoms with Gasteiger partial charge in [-0.1, -0.05) is 11.6 Å². The highest BCUT2D eigenvalue weighted by Crippen LogP contribution is 2.24. The van der Waals surface area contributed by atoms with E-state index >= 15 is 0 Å². The maximum atomic E-state index is 10.6. The van der Waals surface area contributed by atoms with Crippen molar-refractivity contribution in [2.24, 2.45) is 5.73 Å². The van der Waals surface area contributed by atoms with Gasteiger partial charge in [0, 0.05) is 17.2 Å². The molecule has 0 radical (unpaired) electrons. The monoisotopic (exact) mass is 306 g/mol. The molecule has 2 rings (SSSR count). The summed E-state index contributed by atoms with van der Waals surface area (Å²) in [7, 11) is 0. The Morgan fingerprint density at radius 2 is 1.90 bits per heavy atom. The highest BCUT2D eigenvalue weighted by atomic mass is 35.5. The molecule has 0 saturated heterocycles. The molecule has 110 valence electrons. The normalized spacial score (nSPS) is 10.4. The molecule has 2 aromatic rings. The minimum absolute atomic E-state index is 0.0639. The van der Waals surface area contributed by atoms with Crippen LogP contribution in [0.25, 0.3) is 0 Å². The number of nitrogens with two attached hydrogens (primary N) is 1. The summed E-state index contributed by atoms with van der Waals surface area (Å²) in [6, 6.07) is 11.7. The first-order chi connectivity index (χ1) is 10.1. The van der Waals surface area contributed by atoms with Gasteiger partial charge >= 0.3 is 0 Å². The lowest BCUT2D eigenvalue weighted by Gasteiger charge is -2.11. The first-order valence-corrected chi connectivity index (χ1v) is 6.82. The second-order valence-electron chi connectivity index (χ2n) is 4.50. The van der Waals surface area contributed by atoms with E-state index in [4.69, 9.17) is 22.1 Å². The minimum atomic E-state index is -0.427. The zero-order valence-corrected chi connectivity index (χ0v) is 12.0. The van der Waals surface area contributed by atoms with Crippen LogP contribution < -0.4 is 10.5 Å². The Morgan fingerprint density at radius 3 is 2.52 bits per heavy atom. The summed E-state index contributed by atoms with van der Waals surface area (Å²) >= 11 is 5.96. The number of nitro groups is 1. The van der Waals surface area contributed by atoms with E-state index in [2.05, 4.69) is 0 Å². The molecule has 0 amide bonds. The third kappa shape index (κ3) is 4.18. The van der Waals surface area contributed by atoms with Crippen molar-refractivity contribution < 1.29 is 9.66 Å². The van der Waals surface area contributed by atoms with Crippen molar-refractivity contribution in [1.82, 2.24) is 0 Å². The van der Waals surface area contributed by atoms with Crippen molar-refractivity contribution in [1.29, 1.82) is 0 Å². The fraction of sp³-hybridized carbons (Fsp3) is 0.200. The van der Waals surface area contributed by atoms with Crippen LogP contribution in [0.15, 0.2) is 42.5 Å². The Morgan fingerprint density at radius 1 is 1.19 bits per heavy atom. The molecular formula is C15H15ClN2O3. The van der Waals surface area contributed by atoms with E-state index in [0.717, 1.165) is 16.9 Å². The molecule has 21 heavy (non-hydrogen) atoms. The predicted octanol–water partition coefficient (Wildman–Crippen LogP) is 3.33. The van der Waals surface area contributed by atoms with Crippen LogP contribution in [0.3, 0.4) is 0 Å². The summed E-state index contributed by atoms with van der Waals surface area (Å²) in [6.45, 7) is 0.839. The third-order valence-electron chi connectivity index (χ3n) is 2.98. The van der Waals surface area contributed by atoms with Gasteiger partial charge in [-0.05, 0) is 54.4 Å². The minimum Gasteiger partial charge on any atom is -0.489 e. The Kier molecular flexibility index (Phi) is 5.14. The summed E-state index contributed by atoms with van der Waals surface area (Å²) in [5.41, 5.74) is 7.44. The molecule has 0 aliphatic carbocycles. The number of ether oxygens (including phenoxy) is 1. The largest absolute Gasteiger partial charge is 0.489 e. The lowest BCUT2D eigenvalue weighted by molar-refractivity contribution is -0.384. The van der Waals surface area contributed by atoms with Crippen LogP contribution in [-0.2, 0) is 13.0 Å².